The molecule has 0 radical (unpaired) electrons. The molecule has 0 saturated carbocycles. The van der Waals surface area contributed by atoms with E-state index in [0.29, 0.717) is 13.1 Å². The summed E-state index contributed by atoms with van der Waals surface area (Å²) in [6.07, 6.45) is 3.92. The van der Waals surface area contributed by atoms with E-state index >= 15 is 0 Å². The van der Waals surface area contributed by atoms with Gasteiger partial charge in [-0.1, -0.05) is 83.2 Å². The van der Waals surface area contributed by atoms with Crippen LogP contribution in [0.4, 0.5) is 0 Å². The molecule has 7 rings (SSSR count). The number of nitrogens with zero attached hydrogens (tertiary/aromatic N) is 6. The second-order valence-electron chi connectivity index (χ2n) is 14.8. The Bertz CT molecular complexity index is 1760. The van der Waals surface area contributed by atoms with E-state index in [2.05, 4.69) is 100 Å². The second kappa shape index (κ2) is 11.8. The molecule has 5 aromatic rings. The minimum Gasteiger partial charge on any atom is -0.399 e. The zero-order valence-corrected chi connectivity index (χ0v) is 29.0. The third-order valence-electron chi connectivity index (χ3n) is 10.3. The topological polar surface area (TPSA) is 98.3 Å². The lowest BCUT2D eigenvalue weighted by molar-refractivity contribution is 0.00578. The summed E-state index contributed by atoms with van der Waals surface area (Å²) < 4.78 is 29.0. The minimum absolute atomic E-state index is 0.411. The molecule has 3 aromatic carbocycles. The average molecular weight is 644 g/mol. The molecule has 0 aliphatic carbocycles. The van der Waals surface area contributed by atoms with Crippen molar-refractivity contribution in [3.63, 3.8) is 0 Å². The predicted octanol–water partition coefficient (Wildman–Crippen LogP) is 4.90. The van der Waals surface area contributed by atoms with Gasteiger partial charge in [0, 0.05) is 11.1 Å². The molecule has 0 bridgehead atoms. The first-order valence-electron chi connectivity index (χ1n) is 16.5. The van der Waals surface area contributed by atoms with Gasteiger partial charge in [0.2, 0.25) is 0 Å². The molecule has 246 valence electrons. The first-order chi connectivity index (χ1) is 22.7. The maximum absolute atomic E-state index is 6.33. The zero-order chi connectivity index (χ0) is 33.9. The Labute approximate surface area is 283 Å². The number of rotatable bonds is 8. The monoisotopic (exact) mass is 644 g/mol. The molecule has 0 spiro atoms. The van der Waals surface area contributed by atoms with Crippen LogP contribution in [0.3, 0.4) is 0 Å². The van der Waals surface area contributed by atoms with Crippen molar-refractivity contribution in [2.75, 3.05) is 0 Å². The van der Waals surface area contributed by atoms with Gasteiger partial charge in [-0.25, -0.2) is 9.36 Å². The van der Waals surface area contributed by atoms with Gasteiger partial charge in [0.05, 0.1) is 47.9 Å². The SMILES string of the molecule is CC1(C)OB(c2ccccc2Cn2cc(-c3ccc(-c4cn(Cc5ccccc5B5OC(C)(C)C(C)(C)O5)nn4)cc3)nn2)OC1(C)C. The van der Waals surface area contributed by atoms with E-state index in [9.17, 15) is 0 Å². The van der Waals surface area contributed by atoms with Crippen molar-refractivity contribution in [2.45, 2.75) is 90.9 Å². The Hall–Kier alpha value is -4.09. The lowest BCUT2D eigenvalue weighted by Crippen LogP contribution is -2.41. The number of hydrogen-bond acceptors (Lipinski definition) is 8. The van der Waals surface area contributed by atoms with Crippen LogP contribution in [0.1, 0.15) is 66.5 Å². The Kier molecular flexibility index (Phi) is 7.98. The van der Waals surface area contributed by atoms with Crippen LogP contribution in [-0.4, -0.2) is 66.6 Å². The van der Waals surface area contributed by atoms with Crippen LogP contribution in [-0.2, 0) is 31.7 Å². The summed E-state index contributed by atoms with van der Waals surface area (Å²) in [5.74, 6) is 0. The third kappa shape index (κ3) is 6.02. The molecule has 0 N–H and O–H groups in total. The molecular weight excluding hydrogens is 602 g/mol. The summed E-state index contributed by atoms with van der Waals surface area (Å²) in [6, 6.07) is 24.5. The molecule has 0 unspecified atom stereocenters. The number of aromatic nitrogens is 6. The molecule has 0 atom stereocenters. The standard InChI is InChI=1S/C36H42B2N6O4/c1-33(2)34(3,4)46-37(45-33)29-15-11-9-13-27(29)21-43-23-31(39-41-43)25-17-19-26(20-18-25)32-24-44(42-40-32)22-28-14-10-12-16-30(28)38-47-35(5,6)36(7,8)48-38/h9-20,23-24H,21-22H2,1-8H3. The maximum Gasteiger partial charge on any atom is 0.495 e. The summed E-state index contributed by atoms with van der Waals surface area (Å²) >= 11 is 0. The van der Waals surface area contributed by atoms with Crippen LogP contribution in [0.25, 0.3) is 22.5 Å². The van der Waals surface area contributed by atoms with Gasteiger partial charge < -0.3 is 18.6 Å². The predicted molar refractivity (Wildman–Crippen MR) is 187 cm³/mol. The van der Waals surface area contributed by atoms with Crippen molar-refractivity contribution < 1.29 is 18.6 Å². The van der Waals surface area contributed by atoms with Gasteiger partial charge in [-0.3, -0.25) is 0 Å². The fourth-order valence-corrected chi connectivity index (χ4v) is 5.93. The van der Waals surface area contributed by atoms with Gasteiger partial charge in [0.15, 0.2) is 0 Å². The summed E-state index contributed by atoms with van der Waals surface area (Å²) in [5.41, 5.74) is 6.02. The fourth-order valence-electron chi connectivity index (χ4n) is 5.93. The highest BCUT2D eigenvalue weighted by molar-refractivity contribution is 6.63. The smallest absolute Gasteiger partial charge is 0.399 e. The van der Waals surface area contributed by atoms with Crippen LogP contribution >= 0.6 is 0 Å². The summed E-state index contributed by atoms with van der Waals surface area (Å²) in [5, 5.41) is 17.8. The van der Waals surface area contributed by atoms with Crippen LogP contribution in [0.15, 0.2) is 85.2 Å². The Balaban J connectivity index is 1.03. The van der Waals surface area contributed by atoms with Gasteiger partial charge in [-0.05, 0) is 77.4 Å². The fraction of sp³-hybridized carbons (Fsp3) is 0.389. The molecule has 2 fully saturated rings. The van der Waals surface area contributed by atoms with Crippen molar-refractivity contribution in [2.24, 2.45) is 0 Å². The van der Waals surface area contributed by atoms with Crippen molar-refractivity contribution in [3.8, 4) is 22.5 Å². The van der Waals surface area contributed by atoms with Crippen LogP contribution in [0.2, 0.25) is 0 Å². The molecule has 2 aliphatic rings. The van der Waals surface area contributed by atoms with Gasteiger partial charge >= 0.3 is 14.2 Å². The highest BCUT2D eigenvalue weighted by atomic mass is 16.7. The highest BCUT2D eigenvalue weighted by Gasteiger charge is 2.53. The molecule has 48 heavy (non-hydrogen) atoms. The molecular formula is C36H42B2N6O4. The van der Waals surface area contributed by atoms with E-state index in [1.807, 2.05) is 70.3 Å². The lowest BCUT2D eigenvalue weighted by Gasteiger charge is -2.32. The normalized spacial score (nSPS) is 19.2. The molecule has 2 saturated heterocycles. The summed E-state index contributed by atoms with van der Waals surface area (Å²) in [4.78, 5) is 0. The first-order valence-corrected chi connectivity index (χ1v) is 16.5. The van der Waals surface area contributed by atoms with Crippen LogP contribution < -0.4 is 10.9 Å². The van der Waals surface area contributed by atoms with Crippen molar-refractivity contribution >= 4 is 25.2 Å². The lowest BCUT2D eigenvalue weighted by atomic mass is 9.76. The first kappa shape index (κ1) is 32.5. The average Bonchev–Trinajstić information content (AvgIpc) is 3.79. The van der Waals surface area contributed by atoms with Gasteiger partial charge in [-0.2, -0.15) is 0 Å². The Morgan fingerprint density at radius 2 is 0.833 bits per heavy atom. The molecule has 2 aromatic heterocycles. The van der Waals surface area contributed by atoms with Crippen molar-refractivity contribution in [1.82, 2.24) is 30.0 Å². The third-order valence-corrected chi connectivity index (χ3v) is 10.3. The van der Waals surface area contributed by atoms with E-state index in [4.69, 9.17) is 18.6 Å². The highest BCUT2D eigenvalue weighted by Crippen LogP contribution is 2.38. The quantitative estimate of drug-likeness (QED) is 0.220. The van der Waals surface area contributed by atoms with E-state index < -0.39 is 36.6 Å². The van der Waals surface area contributed by atoms with Crippen molar-refractivity contribution in [3.05, 3.63) is 96.3 Å². The van der Waals surface area contributed by atoms with Gasteiger partial charge in [0.25, 0.3) is 0 Å². The Morgan fingerprint density at radius 3 is 1.19 bits per heavy atom. The Morgan fingerprint density at radius 1 is 0.500 bits per heavy atom. The second-order valence-corrected chi connectivity index (χ2v) is 14.8. The molecule has 12 heteroatoms. The van der Waals surface area contributed by atoms with E-state index in [1.165, 1.54) is 0 Å². The minimum atomic E-state index is -0.440. The summed E-state index contributed by atoms with van der Waals surface area (Å²) in [7, 11) is -0.880. The van der Waals surface area contributed by atoms with E-state index in [0.717, 1.165) is 44.6 Å². The van der Waals surface area contributed by atoms with Crippen LogP contribution in [0.5, 0.6) is 0 Å². The largest absolute Gasteiger partial charge is 0.495 e. The number of hydrogen-bond donors (Lipinski definition) is 0. The summed E-state index contributed by atoms with van der Waals surface area (Å²) in [6.45, 7) is 17.6. The molecule has 0 amide bonds. The maximum atomic E-state index is 6.33. The van der Waals surface area contributed by atoms with E-state index in [-0.39, 0.29) is 0 Å². The van der Waals surface area contributed by atoms with Crippen molar-refractivity contribution in [1.29, 1.82) is 0 Å². The molecule has 10 nitrogen and oxygen atoms in total. The molecule has 2 aliphatic heterocycles. The van der Waals surface area contributed by atoms with Crippen LogP contribution in [0, 0.1) is 0 Å². The van der Waals surface area contributed by atoms with E-state index in [1.54, 1.807) is 0 Å². The van der Waals surface area contributed by atoms with Gasteiger partial charge in [-0.15, -0.1) is 10.2 Å². The molecule has 4 heterocycles. The van der Waals surface area contributed by atoms with Gasteiger partial charge in [0.1, 0.15) is 11.4 Å². The zero-order valence-electron chi connectivity index (χ0n) is 29.0. The number of benzene rings is 3.